The van der Waals surface area contributed by atoms with Gasteiger partial charge in [-0.1, -0.05) is 82.9 Å². The first-order chi connectivity index (χ1) is 9.81. The highest BCUT2D eigenvalue weighted by atomic mass is 16.5. The maximum Gasteiger partial charge on any atom is 0.330 e. The number of carbonyl (C=O) groups excluding carboxylic acids is 1. The highest BCUT2D eigenvalue weighted by Crippen LogP contribution is 2.11. The SMILES string of the molecule is CCCCCCCCCCCC/C=C/C=C\C(=O)OC. The summed E-state index contributed by atoms with van der Waals surface area (Å²) in [6.45, 7) is 2.26. The zero-order valence-corrected chi connectivity index (χ0v) is 13.4. The third-order valence-corrected chi connectivity index (χ3v) is 3.41. The fourth-order valence-electron chi connectivity index (χ4n) is 2.13. The summed E-state index contributed by atoms with van der Waals surface area (Å²) in [5, 5.41) is 0. The van der Waals surface area contributed by atoms with Gasteiger partial charge in [-0.05, 0) is 12.8 Å². The van der Waals surface area contributed by atoms with Crippen LogP contribution in [0.4, 0.5) is 0 Å². The van der Waals surface area contributed by atoms with Crippen molar-refractivity contribution in [2.75, 3.05) is 7.11 Å². The molecule has 20 heavy (non-hydrogen) atoms. The van der Waals surface area contributed by atoms with Gasteiger partial charge in [0.1, 0.15) is 0 Å². The predicted molar refractivity (Wildman–Crippen MR) is 86.8 cm³/mol. The smallest absolute Gasteiger partial charge is 0.330 e. The van der Waals surface area contributed by atoms with Crippen LogP contribution in [-0.4, -0.2) is 13.1 Å². The van der Waals surface area contributed by atoms with E-state index in [1.807, 2.05) is 6.08 Å². The van der Waals surface area contributed by atoms with Gasteiger partial charge in [-0.2, -0.15) is 0 Å². The largest absolute Gasteiger partial charge is 0.466 e. The summed E-state index contributed by atoms with van der Waals surface area (Å²) in [5.74, 6) is -0.298. The second-order valence-electron chi connectivity index (χ2n) is 5.28. The monoisotopic (exact) mass is 280 g/mol. The molecule has 116 valence electrons. The second kappa shape index (κ2) is 16.0. The minimum absolute atomic E-state index is 0.298. The molecule has 0 fully saturated rings. The Balaban J connectivity index is 3.18. The van der Waals surface area contributed by atoms with Gasteiger partial charge in [0.15, 0.2) is 0 Å². The molecule has 0 aromatic heterocycles. The summed E-state index contributed by atoms with van der Waals surface area (Å²) in [7, 11) is 1.39. The average Bonchev–Trinajstić information content (AvgIpc) is 2.47. The van der Waals surface area contributed by atoms with Crippen LogP contribution in [-0.2, 0) is 9.53 Å². The molecule has 0 rings (SSSR count). The first-order valence-electron chi connectivity index (χ1n) is 8.22. The van der Waals surface area contributed by atoms with Crippen molar-refractivity contribution in [1.82, 2.24) is 0 Å². The van der Waals surface area contributed by atoms with Crippen molar-refractivity contribution in [2.24, 2.45) is 0 Å². The summed E-state index contributed by atoms with van der Waals surface area (Å²) in [6, 6.07) is 0. The van der Waals surface area contributed by atoms with Crippen LogP contribution in [0, 0.1) is 0 Å². The standard InChI is InChI=1S/C18H32O2/c1-3-4-5-6-7-8-9-10-11-12-13-14-15-16-17-18(19)20-2/h14-17H,3-13H2,1-2H3/b15-14+,17-16-. The van der Waals surface area contributed by atoms with E-state index in [0.29, 0.717) is 0 Å². The molecule has 0 bridgehead atoms. The molecule has 0 aromatic carbocycles. The lowest BCUT2D eigenvalue weighted by molar-refractivity contribution is -0.134. The Morgan fingerprint density at radius 1 is 0.850 bits per heavy atom. The second-order valence-corrected chi connectivity index (χ2v) is 5.28. The lowest BCUT2D eigenvalue weighted by Gasteiger charge is -2.01. The van der Waals surface area contributed by atoms with Crippen LogP contribution in [0.1, 0.15) is 77.6 Å². The lowest BCUT2D eigenvalue weighted by Crippen LogP contribution is -1.92. The van der Waals surface area contributed by atoms with E-state index in [4.69, 9.17) is 0 Å². The molecule has 0 aliphatic rings. The van der Waals surface area contributed by atoms with Gasteiger partial charge in [-0.3, -0.25) is 0 Å². The Kier molecular flexibility index (Phi) is 15.2. The topological polar surface area (TPSA) is 26.3 Å². The van der Waals surface area contributed by atoms with Gasteiger partial charge in [0, 0.05) is 6.08 Å². The summed E-state index contributed by atoms with van der Waals surface area (Å²) < 4.78 is 4.50. The number of esters is 1. The van der Waals surface area contributed by atoms with E-state index in [-0.39, 0.29) is 5.97 Å². The Bertz CT molecular complexity index is 267. The fraction of sp³-hybridized carbons (Fsp3) is 0.722. The molecule has 0 atom stereocenters. The highest BCUT2D eigenvalue weighted by Gasteiger charge is 1.91. The van der Waals surface area contributed by atoms with Gasteiger partial charge in [-0.25, -0.2) is 4.79 Å². The Morgan fingerprint density at radius 3 is 1.95 bits per heavy atom. The minimum atomic E-state index is -0.298. The third kappa shape index (κ3) is 15.0. The van der Waals surface area contributed by atoms with Gasteiger partial charge in [0.25, 0.3) is 0 Å². The molecular weight excluding hydrogens is 248 g/mol. The van der Waals surface area contributed by atoms with Crippen molar-refractivity contribution in [1.29, 1.82) is 0 Å². The summed E-state index contributed by atoms with van der Waals surface area (Å²) >= 11 is 0. The number of allylic oxidation sites excluding steroid dienone is 3. The van der Waals surface area contributed by atoms with E-state index in [1.165, 1.54) is 77.4 Å². The molecule has 0 saturated heterocycles. The third-order valence-electron chi connectivity index (χ3n) is 3.41. The van der Waals surface area contributed by atoms with E-state index in [9.17, 15) is 4.79 Å². The minimum Gasteiger partial charge on any atom is -0.466 e. The molecule has 0 aliphatic heterocycles. The van der Waals surface area contributed by atoms with Crippen LogP contribution >= 0.6 is 0 Å². The molecule has 0 amide bonds. The summed E-state index contributed by atoms with van der Waals surface area (Å²) in [6.07, 6.45) is 22.0. The van der Waals surface area contributed by atoms with Crippen molar-refractivity contribution in [3.05, 3.63) is 24.3 Å². The molecule has 0 aliphatic carbocycles. The molecule has 0 spiro atoms. The maximum absolute atomic E-state index is 10.8. The molecular formula is C18H32O2. The normalized spacial score (nSPS) is 11.5. The van der Waals surface area contributed by atoms with Crippen LogP contribution in [0.3, 0.4) is 0 Å². The Morgan fingerprint density at radius 2 is 1.40 bits per heavy atom. The van der Waals surface area contributed by atoms with Crippen LogP contribution in [0.2, 0.25) is 0 Å². The Labute approximate surface area is 125 Å². The van der Waals surface area contributed by atoms with E-state index in [2.05, 4.69) is 17.7 Å². The molecule has 0 heterocycles. The van der Waals surface area contributed by atoms with Gasteiger partial charge in [0.2, 0.25) is 0 Å². The van der Waals surface area contributed by atoms with Gasteiger partial charge in [-0.15, -0.1) is 0 Å². The first-order valence-corrected chi connectivity index (χ1v) is 8.22. The average molecular weight is 280 g/mol. The fourth-order valence-corrected chi connectivity index (χ4v) is 2.13. The molecule has 0 aromatic rings. The molecule has 0 radical (unpaired) electrons. The summed E-state index contributed by atoms with van der Waals surface area (Å²) in [4.78, 5) is 10.8. The van der Waals surface area contributed by atoms with Gasteiger partial charge in [0.05, 0.1) is 7.11 Å². The number of hydrogen-bond acceptors (Lipinski definition) is 2. The van der Waals surface area contributed by atoms with E-state index < -0.39 is 0 Å². The van der Waals surface area contributed by atoms with Crippen molar-refractivity contribution < 1.29 is 9.53 Å². The van der Waals surface area contributed by atoms with E-state index in [0.717, 1.165) is 6.42 Å². The van der Waals surface area contributed by atoms with Crippen LogP contribution in [0.25, 0.3) is 0 Å². The highest BCUT2D eigenvalue weighted by molar-refractivity contribution is 5.82. The van der Waals surface area contributed by atoms with Crippen molar-refractivity contribution >= 4 is 5.97 Å². The maximum atomic E-state index is 10.8. The molecule has 0 unspecified atom stereocenters. The Hall–Kier alpha value is -1.05. The zero-order valence-electron chi connectivity index (χ0n) is 13.4. The van der Waals surface area contributed by atoms with E-state index >= 15 is 0 Å². The van der Waals surface area contributed by atoms with Gasteiger partial charge >= 0.3 is 5.97 Å². The van der Waals surface area contributed by atoms with Crippen LogP contribution in [0.15, 0.2) is 24.3 Å². The molecule has 0 N–H and O–H groups in total. The zero-order chi connectivity index (χ0) is 14.9. The number of hydrogen-bond donors (Lipinski definition) is 0. The number of carbonyl (C=O) groups is 1. The van der Waals surface area contributed by atoms with Crippen molar-refractivity contribution in [3.8, 4) is 0 Å². The van der Waals surface area contributed by atoms with Gasteiger partial charge < -0.3 is 4.74 Å². The predicted octanol–water partition coefficient (Wildman–Crippen LogP) is 5.58. The number of rotatable bonds is 13. The van der Waals surface area contributed by atoms with Crippen LogP contribution in [0.5, 0.6) is 0 Å². The molecule has 2 heteroatoms. The number of ether oxygens (including phenoxy) is 1. The number of unbranched alkanes of at least 4 members (excludes halogenated alkanes) is 10. The van der Waals surface area contributed by atoms with Crippen molar-refractivity contribution in [2.45, 2.75) is 77.6 Å². The first kappa shape index (κ1) is 18.9. The quantitative estimate of drug-likeness (QED) is 0.190. The lowest BCUT2D eigenvalue weighted by atomic mass is 10.1. The molecule has 0 saturated carbocycles. The van der Waals surface area contributed by atoms with Crippen molar-refractivity contribution in [3.63, 3.8) is 0 Å². The number of methoxy groups -OCH3 is 1. The van der Waals surface area contributed by atoms with Crippen LogP contribution < -0.4 is 0 Å². The molecule has 2 nitrogen and oxygen atoms in total. The summed E-state index contributed by atoms with van der Waals surface area (Å²) in [5.41, 5.74) is 0. The van der Waals surface area contributed by atoms with E-state index in [1.54, 1.807) is 6.08 Å².